The number of rotatable bonds is 5. The molecule has 1 aromatic rings. The van der Waals surface area contributed by atoms with E-state index in [0.29, 0.717) is 6.04 Å². The fourth-order valence-corrected chi connectivity index (χ4v) is 2.72. The SMILES string of the molecule is CCCc1nc(NCC)cc(N2CCN(C)CC2C)n1. The topological polar surface area (TPSA) is 44.3 Å². The van der Waals surface area contributed by atoms with Gasteiger partial charge in [0.25, 0.3) is 0 Å². The Bertz CT molecular complexity index is 410. The number of hydrogen-bond donors (Lipinski definition) is 1. The van der Waals surface area contributed by atoms with Crippen molar-refractivity contribution in [3.8, 4) is 0 Å². The largest absolute Gasteiger partial charge is 0.370 e. The van der Waals surface area contributed by atoms with Crippen LogP contribution in [0.5, 0.6) is 0 Å². The van der Waals surface area contributed by atoms with E-state index in [1.165, 1.54) is 0 Å². The molecule has 1 atom stereocenters. The molecule has 1 N–H and O–H groups in total. The number of likely N-dealkylation sites (N-methyl/N-ethyl adjacent to an activating group) is 1. The Hall–Kier alpha value is -1.36. The minimum atomic E-state index is 0.493. The Balaban J connectivity index is 2.24. The highest BCUT2D eigenvalue weighted by Crippen LogP contribution is 2.21. The second-order valence-corrected chi connectivity index (χ2v) is 5.61. The second-order valence-electron chi connectivity index (χ2n) is 5.61. The van der Waals surface area contributed by atoms with Crippen LogP contribution < -0.4 is 10.2 Å². The zero-order chi connectivity index (χ0) is 14.5. The highest BCUT2D eigenvalue weighted by atomic mass is 15.3. The van der Waals surface area contributed by atoms with E-state index >= 15 is 0 Å². The molecule has 1 saturated heterocycles. The molecule has 112 valence electrons. The third-order valence-corrected chi connectivity index (χ3v) is 3.72. The molecule has 1 aliphatic rings. The molecule has 1 aromatic heterocycles. The van der Waals surface area contributed by atoms with Crippen LogP contribution in [-0.4, -0.2) is 54.1 Å². The fourth-order valence-electron chi connectivity index (χ4n) is 2.72. The molecular formula is C15H27N5. The van der Waals surface area contributed by atoms with Crippen molar-refractivity contribution in [1.82, 2.24) is 14.9 Å². The van der Waals surface area contributed by atoms with Crippen LogP contribution in [0.3, 0.4) is 0 Å². The fraction of sp³-hybridized carbons (Fsp3) is 0.733. The van der Waals surface area contributed by atoms with E-state index in [4.69, 9.17) is 4.98 Å². The minimum Gasteiger partial charge on any atom is -0.370 e. The number of nitrogens with one attached hydrogen (secondary N) is 1. The van der Waals surface area contributed by atoms with Gasteiger partial charge in [-0.15, -0.1) is 0 Å². The number of piperazine rings is 1. The maximum absolute atomic E-state index is 4.76. The lowest BCUT2D eigenvalue weighted by molar-refractivity contribution is 0.274. The van der Waals surface area contributed by atoms with Crippen molar-refractivity contribution < 1.29 is 0 Å². The third kappa shape index (κ3) is 3.60. The lowest BCUT2D eigenvalue weighted by Gasteiger charge is -2.39. The molecule has 2 heterocycles. The highest BCUT2D eigenvalue weighted by molar-refractivity contribution is 5.50. The van der Waals surface area contributed by atoms with E-state index in [1.807, 2.05) is 0 Å². The molecule has 0 radical (unpaired) electrons. The van der Waals surface area contributed by atoms with Crippen molar-refractivity contribution in [2.75, 3.05) is 43.4 Å². The van der Waals surface area contributed by atoms with Gasteiger partial charge in [-0.1, -0.05) is 6.92 Å². The van der Waals surface area contributed by atoms with Gasteiger partial charge in [0.1, 0.15) is 17.5 Å². The van der Waals surface area contributed by atoms with Gasteiger partial charge in [0, 0.05) is 44.7 Å². The third-order valence-electron chi connectivity index (χ3n) is 3.72. The van der Waals surface area contributed by atoms with E-state index in [-0.39, 0.29) is 0 Å². The molecule has 0 spiro atoms. The Kier molecular flexibility index (Phi) is 5.17. The number of aryl methyl sites for hydroxylation is 1. The van der Waals surface area contributed by atoms with Crippen molar-refractivity contribution >= 4 is 11.6 Å². The zero-order valence-electron chi connectivity index (χ0n) is 13.2. The van der Waals surface area contributed by atoms with Gasteiger partial charge >= 0.3 is 0 Å². The molecule has 1 aliphatic heterocycles. The normalized spacial score (nSPS) is 20.2. The number of nitrogens with zero attached hydrogens (tertiary/aromatic N) is 4. The van der Waals surface area contributed by atoms with Crippen molar-refractivity contribution in [1.29, 1.82) is 0 Å². The first-order valence-electron chi connectivity index (χ1n) is 7.71. The first-order valence-corrected chi connectivity index (χ1v) is 7.71. The van der Waals surface area contributed by atoms with Crippen LogP contribution in [0, 0.1) is 0 Å². The summed E-state index contributed by atoms with van der Waals surface area (Å²) in [6.45, 7) is 10.6. The molecule has 5 heteroatoms. The van der Waals surface area contributed by atoms with Crippen LogP contribution in [0.2, 0.25) is 0 Å². The van der Waals surface area contributed by atoms with Gasteiger partial charge in [0.15, 0.2) is 0 Å². The second kappa shape index (κ2) is 6.88. The number of aromatic nitrogens is 2. The predicted molar refractivity (Wildman–Crippen MR) is 84.5 cm³/mol. The summed E-state index contributed by atoms with van der Waals surface area (Å²) in [4.78, 5) is 14.1. The quantitative estimate of drug-likeness (QED) is 0.892. The highest BCUT2D eigenvalue weighted by Gasteiger charge is 2.23. The van der Waals surface area contributed by atoms with Gasteiger partial charge in [-0.05, 0) is 27.3 Å². The van der Waals surface area contributed by atoms with Crippen LogP contribution in [0.25, 0.3) is 0 Å². The standard InChI is InChI=1S/C15H27N5/c1-5-7-13-17-14(16-6-2)10-15(18-13)20-9-8-19(4)11-12(20)3/h10,12H,5-9,11H2,1-4H3,(H,16,17,18). The lowest BCUT2D eigenvalue weighted by atomic mass is 10.2. The molecule has 0 amide bonds. The van der Waals surface area contributed by atoms with Crippen LogP contribution in [0.4, 0.5) is 11.6 Å². The van der Waals surface area contributed by atoms with Crippen LogP contribution in [-0.2, 0) is 6.42 Å². The summed E-state index contributed by atoms with van der Waals surface area (Å²) < 4.78 is 0. The van der Waals surface area contributed by atoms with Crippen LogP contribution in [0.1, 0.15) is 33.0 Å². The predicted octanol–water partition coefficient (Wildman–Crippen LogP) is 2.00. The summed E-state index contributed by atoms with van der Waals surface area (Å²) in [5.41, 5.74) is 0. The van der Waals surface area contributed by atoms with E-state index in [9.17, 15) is 0 Å². The average molecular weight is 277 g/mol. The molecule has 5 nitrogen and oxygen atoms in total. The Morgan fingerprint density at radius 2 is 2.10 bits per heavy atom. The number of hydrogen-bond acceptors (Lipinski definition) is 5. The maximum Gasteiger partial charge on any atom is 0.134 e. The van der Waals surface area contributed by atoms with Crippen molar-refractivity contribution in [3.63, 3.8) is 0 Å². The Morgan fingerprint density at radius 3 is 2.75 bits per heavy atom. The minimum absolute atomic E-state index is 0.493. The van der Waals surface area contributed by atoms with Crippen molar-refractivity contribution in [2.45, 2.75) is 39.7 Å². The van der Waals surface area contributed by atoms with Crippen molar-refractivity contribution in [2.24, 2.45) is 0 Å². The van der Waals surface area contributed by atoms with Gasteiger partial charge in [-0.25, -0.2) is 9.97 Å². The monoisotopic (exact) mass is 277 g/mol. The Labute approximate surface area is 122 Å². The van der Waals surface area contributed by atoms with E-state index < -0.39 is 0 Å². The molecule has 20 heavy (non-hydrogen) atoms. The Morgan fingerprint density at radius 1 is 1.30 bits per heavy atom. The van der Waals surface area contributed by atoms with E-state index in [1.54, 1.807) is 0 Å². The van der Waals surface area contributed by atoms with Gasteiger partial charge in [-0.3, -0.25) is 0 Å². The molecule has 0 aliphatic carbocycles. The number of anilines is 2. The molecule has 0 aromatic carbocycles. The van der Waals surface area contributed by atoms with Gasteiger partial charge in [-0.2, -0.15) is 0 Å². The van der Waals surface area contributed by atoms with E-state index in [2.05, 4.69) is 54.0 Å². The van der Waals surface area contributed by atoms with Crippen LogP contribution >= 0.6 is 0 Å². The molecule has 1 unspecified atom stereocenters. The molecular weight excluding hydrogens is 250 g/mol. The van der Waals surface area contributed by atoms with E-state index in [0.717, 1.165) is 56.5 Å². The average Bonchev–Trinajstić information content (AvgIpc) is 2.39. The summed E-state index contributed by atoms with van der Waals surface area (Å²) >= 11 is 0. The smallest absolute Gasteiger partial charge is 0.134 e. The summed E-state index contributed by atoms with van der Waals surface area (Å²) in [6.07, 6.45) is 2.02. The zero-order valence-corrected chi connectivity index (χ0v) is 13.2. The van der Waals surface area contributed by atoms with Gasteiger partial charge in [0.05, 0.1) is 0 Å². The lowest BCUT2D eigenvalue weighted by Crippen LogP contribution is -2.50. The summed E-state index contributed by atoms with van der Waals surface area (Å²) in [6, 6.07) is 2.58. The maximum atomic E-state index is 4.76. The summed E-state index contributed by atoms with van der Waals surface area (Å²) in [5.74, 6) is 2.97. The summed E-state index contributed by atoms with van der Waals surface area (Å²) in [7, 11) is 2.18. The van der Waals surface area contributed by atoms with Gasteiger partial charge in [0.2, 0.25) is 0 Å². The first-order chi connectivity index (χ1) is 9.63. The van der Waals surface area contributed by atoms with Gasteiger partial charge < -0.3 is 15.1 Å². The van der Waals surface area contributed by atoms with Crippen LogP contribution in [0.15, 0.2) is 6.07 Å². The molecule has 2 rings (SSSR count). The first kappa shape index (κ1) is 15.0. The van der Waals surface area contributed by atoms with Crippen molar-refractivity contribution in [3.05, 3.63) is 11.9 Å². The molecule has 1 fully saturated rings. The molecule has 0 saturated carbocycles. The molecule has 0 bridgehead atoms. The summed E-state index contributed by atoms with van der Waals surface area (Å²) in [5, 5.41) is 3.32.